The van der Waals surface area contributed by atoms with Crippen LogP contribution >= 0.6 is 0 Å². The van der Waals surface area contributed by atoms with Crippen molar-refractivity contribution in [2.24, 2.45) is 0 Å². The number of sulfonamides is 1. The van der Waals surface area contributed by atoms with E-state index in [2.05, 4.69) is 33.5 Å². The molecule has 0 saturated carbocycles. The van der Waals surface area contributed by atoms with Crippen molar-refractivity contribution < 1.29 is 8.42 Å². The lowest BCUT2D eigenvalue weighted by Crippen LogP contribution is -2.39. The average Bonchev–Trinajstić information content (AvgIpc) is 2.90. The predicted octanol–water partition coefficient (Wildman–Crippen LogP) is 1.85. The Labute approximate surface area is 157 Å². The normalized spacial score (nSPS) is 21.1. The number of rotatable bonds is 6. The molecule has 0 bridgehead atoms. The molecule has 0 amide bonds. The zero-order valence-corrected chi connectivity index (χ0v) is 17.2. The third-order valence-corrected chi connectivity index (χ3v) is 7.74. The van der Waals surface area contributed by atoms with Crippen LogP contribution in [0, 0.1) is 0 Å². The van der Waals surface area contributed by atoms with Crippen LogP contribution in [0.1, 0.15) is 64.0 Å². The minimum Gasteiger partial charge on any atom is -0.313 e. The van der Waals surface area contributed by atoms with Crippen molar-refractivity contribution in [1.82, 2.24) is 24.0 Å². The van der Waals surface area contributed by atoms with Crippen LogP contribution in [-0.2, 0) is 23.0 Å². The third-order valence-electron chi connectivity index (χ3n) is 5.79. The monoisotopic (exact) mass is 383 g/mol. The van der Waals surface area contributed by atoms with E-state index in [9.17, 15) is 8.42 Å². The van der Waals surface area contributed by atoms with Crippen LogP contribution in [0.15, 0.2) is 0 Å². The maximum atomic E-state index is 12.4. The maximum Gasteiger partial charge on any atom is 0.214 e. The van der Waals surface area contributed by atoms with Gasteiger partial charge in [0, 0.05) is 51.1 Å². The Morgan fingerprint density at radius 3 is 2.46 bits per heavy atom. The standard InChI is InChI=1S/C18H33N5O2S/c1-4-5-14-26(24,25)22-10-6-16(7-11-22)18-20-19-17-8-9-21(15(2)3)12-13-23(17)18/h15-16H,4-14H2,1-3H3. The second-order valence-electron chi connectivity index (χ2n) is 7.85. The fourth-order valence-electron chi connectivity index (χ4n) is 4.03. The second kappa shape index (κ2) is 8.35. The van der Waals surface area contributed by atoms with Gasteiger partial charge in [-0.15, -0.1) is 10.2 Å². The smallest absolute Gasteiger partial charge is 0.214 e. The maximum absolute atomic E-state index is 12.4. The van der Waals surface area contributed by atoms with Crippen molar-refractivity contribution in [2.75, 3.05) is 31.9 Å². The summed E-state index contributed by atoms with van der Waals surface area (Å²) in [6, 6.07) is 0.549. The summed E-state index contributed by atoms with van der Waals surface area (Å²) in [5, 5.41) is 8.94. The van der Waals surface area contributed by atoms with Gasteiger partial charge in [0.25, 0.3) is 0 Å². The molecule has 0 unspecified atom stereocenters. The summed E-state index contributed by atoms with van der Waals surface area (Å²) < 4.78 is 28.8. The van der Waals surface area contributed by atoms with Gasteiger partial charge in [-0.3, -0.25) is 4.90 Å². The van der Waals surface area contributed by atoms with Gasteiger partial charge in [0.2, 0.25) is 10.0 Å². The van der Waals surface area contributed by atoms with Gasteiger partial charge in [0.15, 0.2) is 0 Å². The molecule has 3 rings (SSSR count). The average molecular weight is 384 g/mol. The molecule has 7 nitrogen and oxygen atoms in total. The van der Waals surface area contributed by atoms with Crippen LogP contribution in [0.4, 0.5) is 0 Å². The molecule has 0 radical (unpaired) electrons. The highest BCUT2D eigenvalue weighted by molar-refractivity contribution is 7.89. The molecule has 0 spiro atoms. The first-order valence-corrected chi connectivity index (χ1v) is 11.7. The number of unbranched alkanes of at least 4 members (excludes halogenated alkanes) is 1. The van der Waals surface area contributed by atoms with E-state index >= 15 is 0 Å². The van der Waals surface area contributed by atoms with E-state index in [1.807, 2.05) is 6.92 Å². The molecule has 0 aromatic carbocycles. The van der Waals surface area contributed by atoms with Crippen LogP contribution < -0.4 is 0 Å². The Morgan fingerprint density at radius 1 is 1.08 bits per heavy atom. The van der Waals surface area contributed by atoms with Crippen LogP contribution in [0.25, 0.3) is 0 Å². The Hall–Kier alpha value is -0.990. The van der Waals surface area contributed by atoms with E-state index < -0.39 is 10.0 Å². The van der Waals surface area contributed by atoms with Crippen molar-refractivity contribution in [3.05, 3.63) is 11.6 Å². The molecule has 1 saturated heterocycles. The first-order chi connectivity index (χ1) is 12.4. The lowest BCUT2D eigenvalue weighted by atomic mass is 9.97. The Morgan fingerprint density at radius 2 is 1.81 bits per heavy atom. The summed E-state index contributed by atoms with van der Waals surface area (Å²) in [5.41, 5.74) is 0. The third kappa shape index (κ3) is 4.28. The van der Waals surface area contributed by atoms with E-state index in [1.165, 1.54) is 0 Å². The molecular formula is C18H33N5O2S. The molecular weight excluding hydrogens is 350 g/mol. The van der Waals surface area contributed by atoms with Crippen LogP contribution in [-0.4, -0.2) is 70.4 Å². The summed E-state index contributed by atoms with van der Waals surface area (Å²) >= 11 is 0. The molecule has 1 aromatic rings. The van der Waals surface area contributed by atoms with Gasteiger partial charge in [-0.05, 0) is 33.1 Å². The van der Waals surface area contributed by atoms with Gasteiger partial charge in [-0.2, -0.15) is 0 Å². The summed E-state index contributed by atoms with van der Waals surface area (Å²) in [6.07, 6.45) is 4.28. The van der Waals surface area contributed by atoms with Gasteiger partial charge in [0.1, 0.15) is 11.6 Å². The van der Waals surface area contributed by atoms with Crippen LogP contribution in [0.3, 0.4) is 0 Å². The number of nitrogens with zero attached hydrogens (tertiary/aromatic N) is 5. The SMILES string of the molecule is CCCCS(=O)(=O)N1CCC(c2nnc3n2CCN(C(C)C)CC3)CC1. The van der Waals surface area contributed by atoms with Gasteiger partial charge in [-0.1, -0.05) is 13.3 Å². The van der Waals surface area contributed by atoms with Gasteiger partial charge in [-0.25, -0.2) is 12.7 Å². The minimum atomic E-state index is -3.09. The van der Waals surface area contributed by atoms with Gasteiger partial charge >= 0.3 is 0 Å². The topological polar surface area (TPSA) is 71.3 Å². The molecule has 3 heterocycles. The Balaban J connectivity index is 1.64. The van der Waals surface area contributed by atoms with Gasteiger partial charge in [0.05, 0.1) is 5.75 Å². The lowest BCUT2D eigenvalue weighted by Gasteiger charge is -2.31. The second-order valence-corrected chi connectivity index (χ2v) is 9.94. The van der Waals surface area contributed by atoms with E-state index in [-0.39, 0.29) is 5.75 Å². The van der Waals surface area contributed by atoms with Crippen LogP contribution in [0.2, 0.25) is 0 Å². The van der Waals surface area contributed by atoms with E-state index in [0.29, 0.717) is 25.0 Å². The number of hydrogen-bond acceptors (Lipinski definition) is 5. The highest BCUT2D eigenvalue weighted by Crippen LogP contribution is 2.29. The molecule has 1 fully saturated rings. The summed E-state index contributed by atoms with van der Waals surface area (Å²) in [7, 11) is -3.09. The van der Waals surface area contributed by atoms with Crippen molar-refractivity contribution in [1.29, 1.82) is 0 Å². The van der Waals surface area contributed by atoms with Crippen LogP contribution in [0.5, 0.6) is 0 Å². The highest BCUT2D eigenvalue weighted by atomic mass is 32.2. The zero-order valence-electron chi connectivity index (χ0n) is 16.4. The zero-order chi connectivity index (χ0) is 18.7. The first-order valence-electron chi connectivity index (χ1n) is 10.1. The van der Waals surface area contributed by atoms with E-state index in [4.69, 9.17) is 0 Å². The van der Waals surface area contributed by atoms with E-state index in [1.54, 1.807) is 4.31 Å². The molecule has 2 aliphatic heterocycles. The first kappa shape index (κ1) is 19.8. The highest BCUT2D eigenvalue weighted by Gasteiger charge is 2.31. The largest absolute Gasteiger partial charge is 0.313 e. The fraction of sp³-hybridized carbons (Fsp3) is 0.889. The molecule has 26 heavy (non-hydrogen) atoms. The summed E-state index contributed by atoms with van der Waals surface area (Å²) in [5.74, 6) is 2.75. The number of hydrogen-bond donors (Lipinski definition) is 0. The summed E-state index contributed by atoms with van der Waals surface area (Å²) in [6.45, 7) is 10.7. The van der Waals surface area contributed by atoms with E-state index in [0.717, 1.165) is 63.4 Å². The summed E-state index contributed by atoms with van der Waals surface area (Å²) in [4.78, 5) is 2.49. The molecule has 0 N–H and O–H groups in total. The number of fused-ring (bicyclic) bond motifs is 1. The molecule has 0 aliphatic carbocycles. The minimum absolute atomic E-state index is 0.277. The Bertz CT molecular complexity index is 692. The lowest BCUT2D eigenvalue weighted by molar-refractivity contribution is 0.225. The quantitative estimate of drug-likeness (QED) is 0.750. The predicted molar refractivity (Wildman–Crippen MR) is 103 cm³/mol. The molecule has 2 aliphatic rings. The molecule has 148 valence electrons. The molecule has 0 atom stereocenters. The number of aromatic nitrogens is 3. The van der Waals surface area contributed by atoms with Crippen molar-refractivity contribution in [3.8, 4) is 0 Å². The fourth-order valence-corrected chi connectivity index (χ4v) is 5.71. The number of piperidine rings is 1. The molecule has 1 aromatic heterocycles. The van der Waals surface area contributed by atoms with Crippen molar-refractivity contribution in [2.45, 2.75) is 71.4 Å². The Kier molecular flexibility index (Phi) is 6.35. The van der Waals surface area contributed by atoms with Crippen molar-refractivity contribution in [3.63, 3.8) is 0 Å². The van der Waals surface area contributed by atoms with Crippen molar-refractivity contribution >= 4 is 10.0 Å². The van der Waals surface area contributed by atoms with Gasteiger partial charge < -0.3 is 4.57 Å². The molecule has 8 heteroatoms.